The summed E-state index contributed by atoms with van der Waals surface area (Å²) in [5.74, 6) is -1.56. The van der Waals surface area contributed by atoms with E-state index in [-0.39, 0.29) is 42.7 Å². The van der Waals surface area contributed by atoms with E-state index in [0.717, 1.165) is 64.2 Å². The van der Waals surface area contributed by atoms with Gasteiger partial charge < -0.3 is 23.8 Å². The molecule has 2 atom stereocenters. The molecule has 0 saturated carbocycles. The van der Waals surface area contributed by atoms with Crippen molar-refractivity contribution in [2.24, 2.45) is 0 Å². The van der Waals surface area contributed by atoms with Gasteiger partial charge in [-0.1, -0.05) is 182 Å². The van der Waals surface area contributed by atoms with Crippen molar-refractivity contribution in [3.05, 3.63) is 97.2 Å². The second kappa shape index (κ2) is 45.8. The Morgan fingerprint density at radius 1 is 0.500 bits per heavy atom. The van der Waals surface area contributed by atoms with E-state index in [1.165, 1.54) is 83.5 Å². The number of hydrogen-bond acceptors (Lipinski definition) is 6. The van der Waals surface area contributed by atoms with Crippen molar-refractivity contribution >= 4 is 17.9 Å². The normalized spacial score (nSPS) is 13.7. The maximum Gasteiger partial charge on any atom is 0.362 e. The number of carbonyl (C=O) groups is 3. The number of likely N-dealkylation sites (N-methyl/N-ethyl adjacent to an activating group) is 1. The largest absolute Gasteiger partial charge is 0.477 e. The number of esters is 2. The highest BCUT2D eigenvalue weighted by molar-refractivity contribution is 5.72. The van der Waals surface area contributed by atoms with Gasteiger partial charge in [-0.05, 0) is 83.5 Å². The minimum Gasteiger partial charge on any atom is -0.477 e. The van der Waals surface area contributed by atoms with Gasteiger partial charge in [-0.3, -0.25) is 9.59 Å². The molecule has 364 valence electrons. The van der Waals surface area contributed by atoms with Crippen LogP contribution in [-0.2, 0) is 28.6 Å². The van der Waals surface area contributed by atoms with E-state index >= 15 is 0 Å². The highest BCUT2D eigenvalue weighted by Gasteiger charge is 2.31. The van der Waals surface area contributed by atoms with E-state index in [0.29, 0.717) is 19.3 Å². The first-order chi connectivity index (χ1) is 31.1. The van der Waals surface area contributed by atoms with E-state index < -0.39 is 18.1 Å². The number of nitrogens with zero attached hydrogens (tertiary/aromatic N) is 1. The van der Waals surface area contributed by atoms with Gasteiger partial charge in [0, 0.05) is 19.3 Å². The summed E-state index contributed by atoms with van der Waals surface area (Å²) in [5, 5.41) is 9.65. The summed E-state index contributed by atoms with van der Waals surface area (Å²) in [6, 6.07) is -0.632. The van der Waals surface area contributed by atoms with Crippen LogP contribution in [0.15, 0.2) is 97.2 Å². The van der Waals surface area contributed by atoms with Crippen LogP contribution < -0.4 is 0 Å². The number of hydrogen-bond donors (Lipinski definition) is 1. The maximum atomic E-state index is 12.8. The minimum absolute atomic E-state index is 0.0314. The first-order valence-corrected chi connectivity index (χ1v) is 25.3. The molecule has 64 heavy (non-hydrogen) atoms. The Hall–Kier alpha value is -3.75. The zero-order valence-corrected chi connectivity index (χ0v) is 41.4. The number of carbonyl (C=O) groups excluding carboxylic acids is 2. The molecule has 0 heterocycles. The fourth-order valence-electron chi connectivity index (χ4n) is 6.86. The van der Waals surface area contributed by atoms with Gasteiger partial charge in [-0.25, -0.2) is 4.79 Å². The van der Waals surface area contributed by atoms with Crippen molar-refractivity contribution in [1.82, 2.24) is 0 Å². The van der Waals surface area contributed by atoms with Gasteiger partial charge in [0.2, 0.25) is 0 Å². The molecular weight excluding hydrogens is 799 g/mol. The predicted molar refractivity (Wildman–Crippen MR) is 270 cm³/mol. The molecule has 0 fully saturated rings. The van der Waals surface area contributed by atoms with Crippen LogP contribution in [0.25, 0.3) is 0 Å². The molecule has 0 aromatic rings. The van der Waals surface area contributed by atoms with Gasteiger partial charge in [0.15, 0.2) is 12.1 Å². The average molecular weight is 893 g/mol. The third-order valence-corrected chi connectivity index (χ3v) is 10.7. The van der Waals surface area contributed by atoms with E-state index in [2.05, 4.69) is 111 Å². The number of carboxylic acids is 1. The molecule has 0 aliphatic heterocycles. The Morgan fingerprint density at radius 3 is 1.42 bits per heavy atom. The number of allylic oxidation sites excluding steroid dienone is 16. The zero-order valence-electron chi connectivity index (χ0n) is 41.4. The van der Waals surface area contributed by atoms with Gasteiger partial charge in [-0.15, -0.1) is 0 Å². The summed E-state index contributed by atoms with van der Waals surface area (Å²) in [6.45, 7) is 4.54. The lowest BCUT2D eigenvalue weighted by Gasteiger charge is -2.31. The SMILES string of the molecule is CC/C=C/C/C=C/C/C=C/C/C=C/C/C=C/C/C=C/CCCC(=O)OC(COCCC(C(=O)O)[N+](C)(C)C)COC(=O)CCCCCCCCCCCC/C=C/C=C/CCCCCC. The lowest BCUT2D eigenvalue weighted by Crippen LogP contribution is -2.50. The number of quaternary nitrogens is 1. The standard InChI is InChI=1S/C56H93NO7/c1-6-8-10-12-14-16-18-20-22-24-26-28-30-32-34-36-38-40-42-44-46-54(58)63-51-52(50-62-49-48-53(56(60)61)57(3,4)5)64-55(59)47-45-43-41-39-37-35-33-31-29-27-25-23-21-19-17-15-13-11-9-7-2/h9,11,15-18,20-23,27,29,33,35,39,41,52-53H,6-8,10,12-14,19,24-26,28,30-32,34,36-38,40,42-51H2,1-5H3/p+1/b11-9+,17-15+,18-16+,22-20+,23-21+,29-27+,35-33+,41-39+. The van der Waals surface area contributed by atoms with Crippen LogP contribution in [0.2, 0.25) is 0 Å². The van der Waals surface area contributed by atoms with Crippen LogP contribution in [-0.4, -0.2) is 80.6 Å². The molecule has 0 bridgehead atoms. The van der Waals surface area contributed by atoms with Crippen molar-refractivity contribution in [2.45, 2.75) is 199 Å². The smallest absolute Gasteiger partial charge is 0.362 e. The third-order valence-electron chi connectivity index (χ3n) is 10.7. The van der Waals surface area contributed by atoms with Gasteiger partial charge in [0.05, 0.1) is 34.4 Å². The number of unbranched alkanes of at least 4 members (excludes halogenated alkanes) is 15. The van der Waals surface area contributed by atoms with Gasteiger partial charge in [0.1, 0.15) is 6.61 Å². The van der Waals surface area contributed by atoms with Crippen molar-refractivity contribution in [1.29, 1.82) is 0 Å². The van der Waals surface area contributed by atoms with E-state index in [1.54, 1.807) is 0 Å². The molecule has 0 aromatic carbocycles. The molecule has 8 nitrogen and oxygen atoms in total. The fraction of sp³-hybridized carbons (Fsp3) is 0.661. The lowest BCUT2D eigenvalue weighted by atomic mass is 10.1. The van der Waals surface area contributed by atoms with Crippen LogP contribution in [0.3, 0.4) is 0 Å². The Labute approximate surface area is 392 Å². The highest BCUT2D eigenvalue weighted by Crippen LogP contribution is 2.14. The van der Waals surface area contributed by atoms with Crippen molar-refractivity contribution in [3.63, 3.8) is 0 Å². The Bertz CT molecular complexity index is 1360. The summed E-state index contributed by atoms with van der Waals surface area (Å²) in [4.78, 5) is 37.1. The molecule has 0 aliphatic carbocycles. The maximum absolute atomic E-state index is 12.8. The van der Waals surface area contributed by atoms with Crippen molar-refractivity contribution in [3.8, 4) is 0 Å². The quantitative estimate of drug-likeness (QED) is 0.0214. The van der Waals surface area contributed by atoms with Crippen LogP contribution >= 0.6 is 0 Å². The Morgan fingerprint density at radius 2 is 0.938 bits per heavy atom. The first kappa shape index (κ1) is 60.2. The molecule has 1 N–H and O–H groups in total. The molecule has 0 rings (SSSR count). The molecule has 0 spiro atoms. The average Bonchev–Trinajstić information content (AvgIpc) is 3.26. The topological polar surface area (TPSA) is 99.1 Å². The van der Waals surface area contributed by atoms with Gasteiger partial charge in [-0.2, -0.15) is 0 Å². The van der Waals surface area contributed by atoms with E-state index in [1.807, 2.05) is 21.1 Å². The fourth-order valence-corrected chi connectivity index (χ4v) is 6.86. The Balaban J connectivity index is 4.38. The Kier molecular flexibility index (Phi) is 43.1. The van der Waals surface area contributed by atoms with E-state index in [9.17, 15) is 19.5 Å². The van der Waals surface area contributed by atoms with Crippen molar-refractivity contribution in [2.75, 3.05) is 41.0 Å². The summed E-state index contributed by atoms with van der Waals surface area (Å²) < 4.78 is 17.3. The van der Waals surface area contributed by atoms with Crippen LogP contribution in [0, 0.1) is 0 Å². The van der Waals surface area contributed by atoms with E-state index in [4.69, 9.17) is 14.2 Å². The first-order valence-electron chi connectivity index (χ1n) is 25.3. The summed E-state index contributed by atoms with van der Waals surface area (Å²) >= 11 is 0. The second-order valence-corrected chi connectivity index (χ2v) is 17.7. The number of carboxylic acid groups (broad SMARTS) is 1. The third kappa shape index (κ3) is 43.5. The number of rotatable bonds is 44. The molecule has 0 amide bonds. The van der Waals surface area contributed by atoms with Crippen LogP contribution in [0.1, 0.15) is 187 Å². The van der Waals surface area contributed by atoms with Gasteiger partial charge in [0.25, 0.3) is 0 Å². The van der Waals surface area contributed by atoms with Gasteiger partial charge >= 0.3 is 17.9 Å². The molecule has 0 aromatic heterocycles. The molecule has 0 radical (unpaired) electrons. The zero-order chi connectivity index (χ0) is 47.0. The molecule has 0 aliphatic rings. The number of ether oxygens (including phenoxy) is 3. The lowest BCUT2D eigenvalue weighted by molar-refractivity contribution is -0.887. The number of aliphatic carboxylic acids is 1. The summed E-state index contributed by atoms with van der Waals surface area (Å²) in [6.07, 6.45) is 61.8. The second-order valence-electron chi connectivity index (χ2n) is 17.7. The summed E-state index contributed by atoms with van der Waals surface area (Å²) in [7, 11) is 5.50. The van der Waals surface area contributed by atoms with Crippen molar-refractivity contribution < 1.29 is 38.2 Å². The molecular formula is C56H94NO7+. The van der Waals surface area contributed by atoms with Crippen LogP contribution in [0.4, 0.5) is 0 Å². The minimum atomic E-state index is -0.888. The monoisotopic (exact) mass is 893 g/mol. The molecule has 8 heteroatoms. The molecule has 0 saturated heterocycles. The highest BCUT2D eigenvalue weighted by atomic mass is 16.6. The molecule has 2 unspecified atom stereocenters. The summed E-state index contributed by atoms with van der Waals surface area (Å²) in [5.41, 5.74) is 0. The van der Waals surface area contributed by atoms with Crippen LogP contribution in [0.5, 0.6) is 0 Å². The predicted octanol–water partition coefficient (Wildman–Crippen LogP) is 14.6.